The Morgan fingerprint density at radius 3 is 2.57 bits per heavy atom. The summed E-state index contributed by atoms with van der Waals surface area (Å²) in [5.41, 5.74) is -1.30. The number of carboxylic acid groups (broad SMARTS) is 1. The van der Waals surface area contributed by atoms with Gasteiger partial charge in [0.2, 0.25) is 5.95 Å². The fourth-order valence-corrected chi connectivity index (χ4v) is 3.70. The number of fused-ring (bicyclic) bond motifs is 1. The van der Waals surface area contributed by atoms with Gasteiger partial charge >= 0.3 is 13.8 Å². The van der Waals surface area contributed by atoms with Crippen LogP contribution in [0, 0.1) is 0 Å². The number of aliphatic hydroxyl groups excluding tert-OH is 5. The maximum Gasteiger partial charge on any atom is 0.469 e. The number of aliphatic carboxylic acids is 1. The minimum Gasteiger partial charge on any atom is -0.480 e. The number of hydrogen-bond donors (Lipinski definition) is 10. The van der Waals surface area contributed by atoms with E-state index in [-0.39, 0.29) is 11.2 Å². The molecule has 1 saturated heterocycles. The fraction of sp³-hybridized carbons (Fsp3) is 0.625. The molecule has 2 aromatic rings. The third kappa shape index (κ3) is 6.19. The van der Waals surface area contributed by atoms with Gasteiger partial charge in [0.15, 0.2) is 17.4 Å². The Bertz CT molecular complexity index is 1150. The van der Waals surface area contributed by atoms with Crippen LogP contribution < -0.4 is 10.9 Å². The zero-order chi connectivity index (χ0) is 26.1. The lowest BCUT2D eigenvalue weighted by molar-refractivity contribution is -0.139. The average Bonchev–Trinajstić information content (AvgIpc) is 3.32. The summed E-state index contributed by atoms with van der Waals surface area (Å²) in [5.74, 6) is -1.87. The molecule has 10 N–H and O–H groups in total. The quantitative estimate of drug-likeness (QED) is 0.124. The molecule has 0 radical (unpaired) electrons. The minimum atomic E-state index is -4.89. The van der Waals surface area contributed by atoms with Crippen molar-refractivity contribution in [2.75, 3.05) is 18.5 Å². The van der Waals surface area contributed by atoms with Crippen molar-refractivity contribution >= 4 is 30.9 Å². The van der Waals surface area contributed by atoms with Crippen molar-refractivity contribution in [3.63, 3.8) is 0 Å². The first-order valence-corrected chi connectivity index (χ1v) is 11.5. The topological polar surface area (TPSA) is 290 Å². The number of phosphoric acid groups is 1. The van der Waals surface area contributed by atoms with E-state index in [4.69, 9.17) is 19.6 Å². The molecule has 1 aliphatic rings. The summed E-state index contributed by atoms with van der Waals surface area (Å²) < 4.78 is 21.7. The lowest BCUT2D eigenvalue weighted by Gasteiger charge is -2.21. The number of hydrogen-bond acceptors (Lipinski definition) is 13. The van der Waals surface area contributed by atoms with Crippen LogP contribution in [0.1, 0.15) is 12.6 Å². The van der Waals surface area contributed by atoms with Gasteiger partial charge in [0.1, 0.15) is 30.5 Å². The molecule has 1 aliphatic heterocycles. The van der Waals surface area contributed by atoms with E-state index in [1.54, 1.807) is 0 Å². The Labute approximate surface area is 194 Å². The van der Waals surface area contributed by atoms with Crippen molar-refractivity contribution in [3.8, 4) is 0 Å². The highest BCUT2D eigenvalue weighted by Crippen LogP contribution is 2.38. The first-order valence-electron chi connectivity index (χ1n) is 9.97. The smallest absolute Gasteiger partial charge is 0.469 e. The first kappa shape index (κ1) is 27.1. The molecule has 7 atom stereocenters. The molecule has 0 aromatic carbocycles. The van der Waals surface area contributed by atoms with E-state index < -0.39 is 87.7 Å². The first-order chi connectivity index (χ1) is 16.3. The predicted molar refractivity (Wildman–Crippen MR) is 111 cm³/mol. The van der Waals surface area contributed by atoms with Crippen molar-refractivity contribution < 1.29 is 59.0 Å². The molecular weight excluding hydrogens is 501 g/mol. The van der Waals surface area contributed by atoms with Gasteiger partial charge in [0.05, 0.1) is 25.6 Å². The number of carboxylic acids is 1. The molecule has 0 aliphatic carbocycles. The molecular formula is C16H24N5O13P. The summed E-state index contributed by atoms with van der Waals surface area (Å²) in [6, 6.07) is -1.56. The van der Waals surface area contributed by atoms with E-state index in [0.29, 0.717) is 0 Å². The molecule has 0 amide bonds. The highest BCUT2D eigenvalue weighted by molar-refractivity contribution is 7.46. The SMILES string of the molecule is O=C(O)C(CC(O)C(O)CO)Nc1nc2c(ncn2[C@@H]2O[C@H](COP(=O)(O)O)[C@@H](O)[C@H]2O)c(=O)[nH]1. The average molecular weight is 525 g/mol. The maximum atomic E-state index is 12.4. The molecule has 0 spiro atoms. The second-order valence-electron chi connectivity index (χ2n) is 7.66. The van der Waals surface area contributed by atoms with E-state index in [1.807, 2.05) is 0 Å². The summed E-state index contributed by atoms with van der Waals surface area (Å²) in [5, 5.41) is 60.5. The number of rotatable bonds is 11. The predicted octanol–water partition coefficient (Wildman–Crippen LogP) is -4.18. The number of carbonyl (C=O) groups is 1. The van der Waals surface area contributed by atoms with Gasteiger partial charge in [-0.3, -0.25) is 18.9 Å². The molecule has 3 heterocycles. The summed E-state index contributed by atoms with van der Waals surface area (Å²) in [7, 11) is -4.89. The van der Waals surface area contributed by atoms with Crippen LogP contribution in [0.15, 0.2) is 11.1 Å². The number of nitrogens with zero attached hydrogens (tertiary/aromatic N) is 3. The Balaban J connectivity index is 1.87. The lowest BCUT2D eigenvalue weighted by atomic mass is 10.1. The Morgan fingerprint density at radius 1 is 1.29 bits per heavy atom. The highest BCUT2D eigenvalue weighted by atomic mass is 31.2. The van der Waals surface area contributed by atoms with Gasteiger partial charge in [-0.1, -0.05) is 0 Å². The highest BCUT2D eigenvalue weighted by Gasteiger charge is 2.45. The number of nitrogens with one attached hydrogen (secondary N) is 2. The van der Waals surface area contributed by atoms with E-state index in [1.165, 1.54) is 0 Å². The normalized spacial score (nSPS) is 25.5. The van der Waals surface area contributed by atoms with Crippen molar-refractivity contribution in [1.82, 2.24) is 19.5 Å². The largest absolute Gasteiger partial charge is 0.480 e. The standard InChI is InChI=1S/C16H24N5O13P/c22-2-7(24)6(23)1-5(15(28)29)18-16-19-12-9(13(27)20-16)17-4-21(12)14-11(26)10(25)8(34-14)3-33-35(30,31)32/h4-8,10-11,14,22-26H,1-3H2,(H,28,29)(H2,30,31,32)(H2,18,19,20,27)/t5?,6?,7?,8-,10-,11-,14-/m1/s1. The van der Waals surface area contributed by atoms with Crippen molar-refractivity contribution in [2.45, 2.75) is 49.2 Å². The molecule has 0 bridgehead atoms. The summed E-state index contributed by atoms with van der Waals surface area (Å²) in [6.45, 7) is -1.59. The minimum absolute atomic E-state index is 0.218. The van der Waals surface area contributed by atoms with Gasteiger partial charge in [0.25, 0.3) is 5.56 Å². The van der Waals surface area contributed by atoms with Gasteiger partial charge in [-0.15, -0.1) is 0 Å². The summed E-state index contributed by atoms with van der Waals surface area (Å²) in [4.78, 5) is 51.8. The number of aromatic nitrogens is 4. The monoisotopic (exact) mass is 525 g/mol. The number of anilines is 1. The lowest BCUT2D eigenvalue weighted by Crippen LogP contribution is -2.39. The van der Waals surface area contributed by atoms with Crippen LogP contribution in [0.4, 0.5) is 5.95 Å². The molecule has 1 fully saturated rings. The van der Waals surface area contributed by atoms with Crippen LogP contribution >= 0.6 is 7.82 Å². The maximum absolute atomic E-state index is 12.4. The molecule has 0 saturated carbocycles. The number of phosphoric ester groups is 1. The van der Waals surface area contributed by atoms with Gasteiger partial charge in [-0.2, -0.15) is 4.98 Å². The molecule has 19 heteroatoms. The number of ether oxygens (including phenoxy) is 1. The Hall–Kier alpha value is -2.51. The number of aromatic amines is 1. The van der Waals surface area contributed by atoms with Gasteiger partial charge < -0.3 is 50.5 Å². The number of aliphatic hydroxyl groups is 5. The van der Waals surface area contributed by atoms with Crippen LogP contribution in [0.25, 0.3) is 11.2 Å². The van der Waals surface area contributed by atoms with Crippen LogP contribution in [-0.4, -0.2) is 116 Å². The molecule has 2 aromatic heterocycles. The molecule has 3 rings (SSSR count). The van der Waals surface area contributed by atoms with Crippen LogP contribution in [0.5, 0.6) is 0 Å². The summed E-state index contributed by atoms with van der Waals surface area (Å²) >= 11 is 0. The van der Waals surface area contributed by atoms with Gasteiger partial charge in [-0.05, 0) is 0 Å². The molecule has 3 unspecified atom stereocenters. The second kappa shape index (κ2) is 10.6. The number of imidazole rings is 1. The molecule has 18 nitrogen and oxygen atoms in total. The number of H-pyrrole nitrogens is 1. The van der Waals surface area contributed by atoms with Crippen LogP contribution in [-0.2, 0) is 18.6 Å². The van der Waals surface area contributed by atoms with Gasteiger partial charge in [-0.25, -0.2) is 14.3 Å². The Kier molecular flexibility index (Phi) is 8.22. The second-order valence-corrected chi connectivity index (χ2v) is 8.90. The summed E-state index contributed by atoms with van der Waals surface area (Å²) in [6.07, 6.45) is -8.84. The Morgan fingerprint density at radius 2 is 1.97 bits per heavy atom. The molecule has 35 heavy (non-hydrogen) atoms. The zero-order valence-electron chi connectivity index (χ0n) is 17.6. The van der Waals surface area contributed by atoms with Crippen molar-refractivity contribution in [1.29, 1.82) is 0 Å². The fourth-order valence-electron chi connectivity index (χ4n) is 3.35. The van der Waals surface area contributed by atoms with Crippen molar-refractivity contribution in [3.05, 3.63) is 16.7 Å². The van der Waals surface area contributed by atoms with E-state index >= 15 is 0 Å². The van der Waals surface area contributed by atoms with Crippen LogP contribution in [0.3, 0.4) is 0 Å². The van der Waals surface area contributed by atoms with Crippen LogP contribution in [0.2, 0.25) is 0 Å². The van der Waals surface area contributed by atoms with Gasteiger partial charge in [0, 0.05) is 6.42 Å². The third-order valence-corrected chi connectivity index (χ3v) is 5.65. The molecule has 196 valence electrons. The van der Waals surface area contributed by atoms with E-state index in [9.17, 15) is 39.7 Å². The van der Waals surface area contributed by atoms with E-state index in [2.05, 4.69) is 24.8 Å². The third-order valence-electron chi connectivity index (χ3n) is 5.17. The van der Waals surface area contributed by atoms with E-state index in [0.717, 1.165) is 10.9 Å². The zero-order valence-corrected chi connectivity index (χ0v) is 18.5. The van der Waals surface area contributed by atoms with Crippen molar-refractivity contribution in [2.24, 2.45) is 0 Å².